The van der Waals surface area contributed by atoms with Crippen molar-refractivity contribution in [3.05, 3.63) is 71.8 Å². The summed E-state index contributed by atoms with van der Waals surface area (Å²) in [6.07, 6.45) is 2.63. The number of alkyl halides is 1. The van der Waals surface area contributed by atoms with Gasteiger partial charge in [-0.15, -0.1) is 6.58 Å². The van der Waals surface area contributed by atoms with Crippen molar-refractivity contribution in [3.8, 4) is 11.5 Å². The Balaban J connectivity index is 1.51. The summed E-state index contributed by atoms with van der Waals surface area (Å²) in [4.78, 5) is 0. The normalized spacial score (nSPS) is 19.9. The van der Waals surface area contributed by atoms with Crippen molar-refractivity contribution >= 4 is 0 Å². The summed E-state index contributed by atoms with van der Waals surface area (Å²) in [5, 5.41) is 0. The third kappa shape index (κ3) is 5.36. The lowest BCUT2D eigenvalue weighted by molar-refractivity contribution is -0.00516. The first-order valence-corrected chi connectivity index (χ1v) is 10.2. The first-order chi connectivity index (χ1) is 14.5. The van der Waals surface area contributed by atoms with E-state index in [4.69, 9.17) is 14.2 Å². The molecule has 2 aromatic rings. The molecule has 0 saturated carbocycles. The van der Waals surface area contributed by atoms with E-state index in [0.29, 0.717) is 18.1 Å². The standard InChI is InChI=1S/C24H27F3O3/c1-3-16-5-10-20(30-15-16)18-8-6-17(7-9-18)19(25)13-14-29-22-12-11-21(28-4-2)23(26)24(22)27/h3,6-9,11-12,16,19-20H,1,4-5,10,13-15H2,2H3. The smallest absolute Gasteiger partial charge is 0.204 e. The Kier molecular flexibility index (Phi) is 7.80. The van der Waals surface area contributed by atoms with E-state index in [2.05, 4.69) is 6.58 Å². The molecule has 1 aliphatic heterocycles. The Morgan fingerprint density at radius 3 is 2.30 bits per heavy atom. The number of benzene rings is 2. The average molecular weight is 420 g/mol. The number of hydrogen-bond donors (Lipinski definition) is 0. The zero-order chi connectivity index (χ0) is 21.5. The van der Waals surface area contributed by atoms with Crippen LogP contribution in [-0.4, -0.2) is 19.8 Å². The zero-order valence-corrected chi connectivity index (χ0v) is 17.1. The summed E-state index contributed by atoms with van der Waals surface area (Å²) < 4.78 is 58.5. The molecule has 0 spiro atoms. The number of halogens is 3. The van der Waals surface area contributed by atoms with Crippen LogP contribution in [0, 0.1) is 17.6 Å². The molecule has 1 fully saturated rings. The lowest BCUT2D eigenvalue weighted by atomic mass is 9.94. The minimum absolute atomic E-state index is 0.0224. The molecule has 0 radical (unpaired) electrons. The van der Waals surface area contributed by atoms with Gasteiger partial charge in [-0.2, -0.15) is 8.78 Å². The van der Waals surface area contributed by atoms with Gasteiger partial charge in [0.1, 0.15) is 6.17 Å². The van der Waals surface area contributed by atoms with E-state index in [-0.39, 0.29) is 37.2 Å². The molecule has 30 heavy (non-hydrogen) atoms. The van der Waals surface area contributed by atoms with Gasteiger partial charge in [0, 0.05) is 12.3 Å². The molecule has 6 heteroatoms. The Hall–Kier alpha value is -2.47. The van der Waals surface area contributed by atoms with Gasteiger partial charge in [-0.05, 0) is 43.0 Å². The zero-order valence-electron chi connectivity index (χ0n) is 17.1. The monoisotopic (exact) mass is 420 g/mol. The van der Waals surface area contributed by atoms with Crippen LogP contribution in [0.3, 0.4) is 0 Å². The van der Waals surface area contributed by atoms with Crippen LogP contribution in [0.1, 0.15) is 49.6 Å². The number of hydrogen-bond acceptors (Lipinski definition) is 3. The van der Waals surface area contributed by atoms with Crippen molar-refractivity contribution in [1.29, 1.82) is 0 Å². The Labute approximate surface area is 175 Å². The molecule has 0 bridgehead atoms. The molecule has 1 aliphatic rings. The van der Waals surface area contributed by atoms with Crippen molar-refractivity contribution in [1.82, 2.24) is 0 Å². The quantitative estimate of drug-likeness (QED) is 0.434. The highest BCUT2D eigenvalue weighted by Crippen LogP contribution is 2.32. The SMILES string of the molecule is C=CC1CCC(c2ccc(C(F)CCOc3ccc(OCC)c(F)c3F)cc2)OC1. The van der Waals surface area contributed by atoms with Crippen LogP contribution in [0.2, 0.25) is 0 Å². The Morgan fingerprint density at radius 1 is 1.07 bits per heavy atom. The van der Waals surface area contributed by atoms with Crippen molar-refractivity contribution in [2.45, 2.75) is 38.5 Å². The fourth-order valence-electron chi connectivity index (χ4n) is 3.47. The van der Waals surface area contributed by atoms with Gasteiger partial charge < -0.3 is 14.2 Å². The molecule has 0 amide bonds. The van der Waals surface area contributed by atoms with Gasteiger partial charge in [-0.25, -0.2) is 4.39 Å². The van der Waals surface area contributed by atoms with E-state index in [0.717, 1.165) is 18.4 Å². The van der Waals surface area contributed by atoms with E-state index in [1.807, 2.05) is 18.2 Å². The highest BCUT2D eigenvalue weighted by molar-refractivity contribution is 5.35. The maximum absolute atomic E-state index is 14.5. The van der Waals surface area contributed by atoms with E-state index >= 15 is 0 Å². The minimum Gasteiger partial charge on any atom is -0.491 e. The second kappa shape index (κ2) is 10.5. The van der Waals surface area contributed by atoms with Crippen molar-refractivity contribution < 1.29 is 27.4 Å². The van der Waals surface area contributed by atoms with Gasteiger partial charge in [0.05, 0.1) is 25.9 Å². The van der Waals surface area contributed by atoms with E-state index in [1.165, 1.54) is 12.1 Å². The second-order valence-electron chi connectivity index (χ2n) is 7.29. The number of ether oxygens (including phenoxy) is 3. The van der Waals surface area contributed by atoms with Crippen LogP contribution in [-0.2, 0) is 4.74 Å². The van der Waals surface area contributed by atoms with Crippen LogP contribution < -0.4 is 9.47 Å². The lowest BCUT2D eigenvalue weighted by Gasteiger charge is -2.27. The summed E-state index contributed by atoms with van der Waals surface area (Å²) in [7, 11) is 0. The molecular formula is C24H27F3O3. The highest BCUT2D eigenvalue weighted by atomic mass is 19.2. The third-order valence-electron chi connectivity index (χ3n) is 5.25. The molecule has 2 aromatic carbocycles. The van der Waals surface area contributed by atoms with Gasteiger partial charge in [0.15, 0.2) is 11.5 Å². The predicted octanol–water partition coefficient (Wildman–Crippen LogP) is 6.50. The highest BCUT2D eigenvalue weighted by Gasteiger charge is 2.22. The van der Waals surface area contributed by atoms with Gasteiger partial charge in [0.25, 0.3) is 0 Å². The van der Waals surface area contributed by atoms with Crippen LogP contribution in [0.4, 0.5) is 13.2 Å². The van der Waals surface area contributed by atoms with E-state index in [1.54, 1.807) is 19.1 Å². The minimum atomic E-state index is -1.27. The maximum atomic E-state index is 14.5. The second-order valence-corrected chi connectivity index (χ2v) is 7.29. The fourth-order valence-corrected chi connectivity index (χ4v) is 3.47. The van der Waals surface area contributed by atoms with Gasteiger partial charge in [0.2, 0.25) is 11.6 Å². The summed E-state index contributed by atoms with van der Waals surface area (Å²) in [6, 6.07) is 9.81. The predicted molar refractivity (Wildman–Crippen MR) is 110 cm³/mol. The molecular weight excluding hydrogens is 393 g/mol. The summed E-state index contributed by atoms with van der Waals surface area (Å²) in [5.74, 6) is -2.28. The largest absolute Gasteiger partial charge is 0.491 e. The fraction of sp³-hybridized carbons (Fsp3) is 0.417. The summed E-state index contributed by atoms with van der Waals surface area (Å²) in [5.41, 5.74) is 1.54. The summed E-state index contributed by atoms with van der Waals surface area (Å²) >= 11 is 0. The average Bonchev–Trinajstić information content (AvgIpc) is 2.78. The Bertz CT molecular complexity index is 830. The molecule has 1 saturated heterocycles. The molecule has 1 heterocycles. The van der Waals surface area contributed by atoms with Crippen molar-refractivity contribution in [3.63, 3.8) is 0 Å². The van der Waals surface area contributed by atoms with Crippen LogP contribution in [0.25, 0.3) is 0 Å². The molecule has 3 nitrogen and oxygen atoms in total. The van der Waals surface area contributed by atoms with E-state index in [9.17, 15) is 13.2 Å². The van der Waals surface area contributed by atoms with Gasteiger partial charge in [-0.1, -0.05) is 30.3 Å². The molecule has 0 N–H and O–H groups in total. The summed E-state index contributed by atoms with van der Waals surface area (Å²) in [6.45, 7) is 6.27. The van der Waals surface area contributed by atoms with Crippen molar-refractivity contribution in [2.24, 2.45) is 5.92 Å². The number of rotatable bonds is 9. The molecule has 3 atom stereocenters. The van der Waals surface area contributed by atoms with E-state index < -0.39 is 17.8 Å². The van der Waals surface area contributed by atoms with Crippen LogP contribution in [0.5, 0.6) is 11.5 Å². The molecule has 3 rings (SSSR count). The maximum Gasteiger partial charge on any atom is 0.204 e. The van der Waals surface area contributed by atoms with Crippen LogP contribution >= 0.6 is 0 Å². The molecule has 0 aliphatic carbocycles. The van der Waals surface area contributed by atoms with Gasteiger partial charge >= 0.3 is 0 Å². The first kappa shape index (κ1) is 22.2. The van der Waals surface area contributed by atoms with Crippen molar-refractivity contribution in [2.75, 3.05) is 19.8 Å². The topological polar surface area (TPSA) is 27.7 Å². The van der Waals surface area contributed by atoms with Gasteiger partial charge in [-0.3, -0.25) is 0 Å². The molecule has 0 aromatic heterocycles. The van der Waals surface area contributed by atoms with Crippen LogP contribution in [0.15, 0.2) is 49.1 Å². The Morgan fingerprint density at radius 2 is 1.73 bits per heavy atom. The lowest BCUT2D eigenvalue weighted by Crippen LogP contribution is -2.19. The molecule has 3 unspecified atom stereocenters. The third-order valence-corrected chi connectivity index (χ3v) is 5.25. The molecule has 162 valence electrons. The first-order valence-electron chi connectivity index (χ1n) is 10.2.